The van der Waals surface area contributed by atoms with E-state index in [1.165, 1.54) is 45.2 Å². The molecule has 1 aliphatic carbocycles. The molecule has 2 unspecified atom stereocenters. The minimum Gasteiger partial charge on any atom is -0.316 e. The number of halogens is 1. The van der Waals surface area contributed by atoms with Crippen LogP contribution in [0.2, 0.25) is 0 Å². The normalized spacial score (nSPS) is 27.4. The van der Waals surface area contributed by atoms with Crippen molar-refractivity contribution >= 4 is 12.4 Å². The van der Waals surface area contributed by atoms with Crippen molar-refractivity contribution in [3.05, 3.63) is 35.4 Å². The Labute approximate surface area is 123 Å². The molecule has 1 heterocycles. The molecule has 1 N–H and O–H groups in total. The summed E-state index contributed by atoms with van der Waals surface area (Å²) in [5.41, 5.74) is 3.18. The molecular weight excluding hydrogens is 256 g/mol. The van der Waals surface area contributed by atoms with Crippen LogP contribution in [0.4, 0.5) is 0 Å². The molecule has 2 aliphatic rings. The van der Waals surface area contributed by atoms with E-state index < -0.39 is 0 Å². The van der Waals surface area contributed by atoms with Crippen molar-refractivity contribution in [2.75, 3.05) is 20.1 Å². The number of hydrogen-bond donors (Lipinski definition) is 1. The molecule has 1 aliphatic heterocycles. The van der Waals surface area contributed by atoms with Crippen LogP contribution < -0.4 is 5.32 Å². The number of likely N-dealkylation sites (tertiary alicyclic amines) is 1. The van der Waals surface area contributed by atoms with Crippen molar-refractivity contribution in [2.24, 2.45) is 0 Å². The van der Waals surface area contributed by atoms with Crippen LogP contribution in [0.15, 0.2) is 24.3 Å². The van der Waals surface area contributed by atoms with Crippen LogP contribution in [-0.4, -0.2) is 31.1 Å². The molecule has 19 heavy (non-hydrogen) atoms. The fraction of sp³-hybridized carbons (Fsp3) is 0.625. The van der Waals surface area contributed by atoms with Crippen molar-refractivity contribution in [3.8, 4) is 0 Å². The van der Waals surface area contributed by atoms with E-state index in [0.29, 0.717) is 12.1 Å². The zero-order valence-corrected chi connectivity index (χ0v) is 12.6. The molecule has 0 amide bonds. The number of nitrogens with zero attached hydrogens (tertiary/aromatic N) is 1. The van der Waals surface area contributed by atoms with E-state index >= 15 is 0 Å². The summed E-state index contributed by atoms with van der Waals surface area (Å²) in [5, 5.41) is 3.46. The average Bonchev–Trinajstić information content (AvgIpc) is 2.47. The standard InChI is InChI=1S/C16H24N2.ClH/c1-17-14-8-5-11-18(12-14)16-10-4-7-13-6-2-3-9-15(13)16;/h2-3,6,9,14,16-17H,4-5,7-8,10-12H2,1H3;1H. The molecule has 1 aromatic carbocycles. The number of piperidine rings is 1. The molecule has 0 aromatic heterocycles. The molecule has 0 bridgehead atoms. The fourth-order valence-corrected chi connectivity index (χ4v) is 3.63. The maximum atomic E-state index is 3.46. The lowest BCUT2D eigenvalue weighted by atomic mass is 9.86. The second-order valence-electron chi connectivity index (χ2n) is 5.73. The van der Waals surface area contributed by atoms with Gasteiger partial charge in [-0.15, -0.1) is 12.4 Å². The van der Waals surface area contributed by atoms with Gasteiger partial charge in [-0.2, -0.15) is 0 Å². The first-order valence-corrected chi connectivity index (χ1v) is 7.37. The molecule has 0 saturated carbocycles. The molecule has 1 fully saturated rings. The fourth-order valence-electron chi connectivity index (χ4n) is 3.63. The Hall–Kier alpha value is -0.570. The minimum atomic E-state index is 0. The highest BCUT2D eigenvalue weighted by molar-refractivity contribution is 5.85. The molecule has 2 atom stereocenters. The lowest BCUT2D eigenvalue weighted by Gasteiger charge is -2.40. The summed E-state index contributed by atoms with van der Waals surface area (Å²) in [7, 11) is 2.10. The van der Waals surface area contributed by atoms with E-state index in [9.17, 15) is 0 Å². The molecule has 0 radical (unpaired) electrons. The maximum absolute atomic E-state index is 3.46. The zero-order chi connectivity index (χ0) is 12.4. The van der Waals surface area contributed by atoms with E-state index in [0.717, 1.165) is 0 Å². The van der Waals surface area contributed by atoms with Gasteiger partial charge in [0.05, 0.1) is 0 Å². The molecular formula is C16H25ClN2. The maximum Gasteiger partial charge on any atom is 0.0351 e. The van der Waals surface area contributed by atoms with Crippen molar-refractivity contribution in [2.45, 2.75) is 44.2 Å². The number of fused-ring (bicyclic) bond motifs is 1. The van der Waals surface area contributed by atoms with Gasteiger partial charge >= 0.3 is 0 Å². The second-order valence-corrected chi connectivity index (χ2v) is 5.73. The molecule has 2 nitrogen and oxygen atoms in total. The summed E-state index contributed by atoms with van der Waals surface area (Å²) in [4.78, 5) is 2.71. The van der Waals surface area contributed by atoms with Gasteiger partial charge in [0, 0.05) is 18.6 Å². The predicted molar refractivity (Wildman–Crippen MR) is 83.0 cm³/mol. The molecule has 0 spiro atoms. The smallest absolute Gasteiger partial charge is 0.0351 e. The van der Waals surface area contributed by atoms with Crippen LogP contribution in [0.25, 0.3) is 0 Å². The lowest BCUT2D eigenvalue weighted by molar-refractivity contribution is 0.127. The van der Waals surface area contributed by atoms with Crippen LogP contribution in [0.1, 0.15) is 42.9 Å². The molecule has 3 heteroatoms. The third kappa shape index (κ3) is 3.13. The highest BCUT2D eigenvalue weighted by Crippen LogP contribution is 2.35. The quantitative estimate of drug-likeness (QED) is 0.895. The largest absolute Gasteiger partial charge is 0.316 e. The summed E-state index contributed by atoms with van der Waals surface area (Å²) >= 11 is 0. The van der Waals surface area contributed by atoms with E-state index in [2.05, 4.69) is 41.5 Å². The first-order valence-electron chi connectivity index (χ1n) is 7.37. The SMILES string of the molecule is CNC1CCCN(C2CCCc3ccccc32)C1.Cl. The van der Waals surface area contributed by atoms with Crippen molar-refractivity contribution in [1.82, 2.24) is 10.2 Å². The Balaban J connectivity index is 0.00000133. The zero-order valence-electron chi connectivity index (χ0n) is 11.8. The summed E-state index contributed by atoms with van der Waals surface area (Å²) in [5.74, 6) is 0. The topological polar surface area (TPSA) is 15.3 Å². The van der Waals surface area contributed by atoms with Gasteiger partial charge in [0.15, 0.2) is 0 Å². The van der Waals surface area contributed by atoms with Crippen LogP contribution in [0.5, 0.6) is 0 Å². The van der Waals surface area contributed by atoms with Crippen LogP contribution in [0.3, 0.4) is 0 Å². The van der Waals surface area contributed by atoms with Gasteiger partial charge in [0.2, 0.25) is 0 Å². The molecule has 1 saturated heterocycles. The van der Waals surface area contributed by atoms with Crippen molar-refractivity contribution in [3.63, 3.8) is 0 Å². The Morgan fingerprint density at radius 1 is 1.16 bits per heavy atom. The third-order valence-corrected chi connectivity index (χ3v) is 4.64. The molecule has 1 aromatic rings. The van der Waals surface area contributed by atoms with Gasteiger partial charge in [-0.25, -0.2) is 0 Å². The Kier molecular flexibility index (Phi) is 5.26. The summed E-state index contributed by atoms with van der Waals surface area (Å²) in [6.45, 7) is 2.49. The number of hydrogen-bond acceptors (Lipinski definition) is 2. The summed E-state index contributed by atoms with van der Waals surface area (Å²) in [6.07, 6.45) is 6.64. The first kappa shape index (κ1) is 14.8. The van der Waals surface area contributed by atoms with Gasteiger partial charge in [0.25, 0.3) is 0 Å². The number of likely N-dealkylation sites (N-methyl/N-ethyl adjacent to an activating group) is 1. The van der Waals surface area contributed by atoms with E-state index in [1.807, 2.05) is 0 Å². The first-order chi connectivity index (χ1) is 8.88. The predicted octanol–water partition coefficient (Wildman–Crippen LogP) is 3.17. The number of benzene rings is 1. The van der Waals surface area contributed by atoms with E-state index in [1.54, 1.807) is 11.1 Å². The van der Waals surface area contributed by atoms with Gasteiger partial charge in [0.1, 0.15) is 0 Å². The monoisotopic (exact) mass is 280 g/mol. The summed E-state index contributed by atoms with van der Waals surface area (Å²) in [6, 6.07) is 10.4. The minimum absolute atomic E-state index is 0. The Morgan fingerprint density at radius 2 is 2.00 bits per heavy atom. The van der Waals surface area contributed by atoms with Gasteiger partial charge in [-0.1, -0.05) is 24.3 Å². The molecule has 3 rings (SSSR count). The average molecular weight is 281 g/mol. The highest BCUT2D eigenvalue weighted by atomic mass is 35.5. The van der Waals surface area contributed by atoms with Gasteiger partial charge in [-0.05, 0) is 56.8 Å². The van der Waals surface area contributed by atoms with Crippen molar-refractivity contribution < 1.29 is 0 Å². The highest BCUT2D eigenvalue weighted by Gasteiger charge is 2.29. The van der Waals surface area contributed by atoms with Crippen LogP contribution in [-0.2, 0) is 6.42 Å². The van der Waals surface area contributed by atoms with Crippen LogP contribution in [0, 0.1) is 0 Å². The molecule has 106 valence electrons. The van der Waals surface area contributed by atoms with Crippen molar-refractivity contribution in [1.29, 1.82) is 0 Å². The second kappa shape index (κ2) is 6.74. The number of rotatable bonds is 2. The summed E-state index contributed by atoms with van der Waals surface area (Å²) < 4.78 is 0. The van der Waals surface area contributed by atoms with Gasteiger partial charge < -0.3 is 5.32 Å². The number of aryl methyl sites for hydroxylation is 1. The Bertz CT molecular complexity index is 407. The van der Waals surface area contributed by atoms with E-state index in [4.69, 9.17) is 0 Å². The number of nitrogens with one attached hydrogen (secondary N) is 1. The van der Waals surface area contributed by atoms with Crippen LogP contribution >= 0.6 is 12.4 Å². The van der Waals surface area contributed by atoms with E-state index in [-0.39, 0.29) is 12.4 Å². The lowest BCUT2D eigenvalue weighted by Crippen LogP contribution is -2.46. The Morgan fingerprint density at radius 3 is 2.84 bits per heavy atom. The van der Waals surface area contributed by atoms with Gasteiger partial charge in [-0.3, -0.25) is 4.90 Å². The third-order valence-electron chi connectivity index (χ3n) is 4.64.